The Balaban J connectivity index is 2.73. The minimum absolute atomic E-state index is 0.242. The van der Waals surface area contributed by atoms with Gasteiger partial charge in [-0.2, -0.15) is 0 Å². The summed E-state index contributed by atoms with van der Waals surface area (Å²) in [7, 11) is 0. The van der Waals surface area contributed by atoms with Crippen molar-refractivity contribution in [2.75, 3.05) is 0 Å². The van der Waals surface area contributed by atoms with Crippen molar-refractivity contribution in [2.45, 2.75) is 6.42 Å². The zero-order valence-corrected chi connectivity index (χ0v) is 9.06. The molecule has 1 heterocycles. The van der Waals surface area contributed by atoms with E-state index in [1.165, 1.54) is 6.20 Å². The van der Waals surface area contributed by atoms with Crippen LogP contribution in [0.2, 0.25) is 0 Å². The fourth-order valence-electron chi connectivity index (χ4n) is 1.72. The van der Waals surface area contributed by atoms with Crippen molar-refractivity contribution >= 4 is 16.9 Å². The Labute approximate surface area is 97.2 Å². The summed E-state index contributed by atoms with van der Waals surface area (Å²) in [6.45, 7) is 3.62. The lowest BCUT2D eigenvalue weighted by Crippen LogP contribution is -2.15. The van der Waals surface area contributed by atoms with Crippen LogP contribution in [0.4, 0.5) is 0 Å². The van der Waals surface area contributed by atoms with Gasteiger partial charge in [-0.25, -0.2) is 4.79 Å². The molecule has 0 aliphatic rings. The van der Waals surface area contributed by atoms with Gasteiger partial charge in [0.15, 0.2) is 0 Å². The minimum atomic E-state index is -1.22. The Morgan fingerprint density at radius 2 is 2.24 bits per heavy atom. The number of carbonyl (C=O) groups is 1. The van der Waals surface area contributed by atoms with Crippen molar-refractivity contribution in [1.29, 1.82) is 0 Å². The van der Waals surface area contributed by atoms with Crippen molar-refractivity contribution in [3.05, 3.63) is 58.4 Å². The van der Waals surface area contributed by atoms with Crippen LogP contribution in [-0.4, -0.2) is 16.1 Å². The Bertz CT molecular complexity index is 655. The molecule has 0 saturated heterocycles. The van der Waals surface area contributed by atoms with Crippen LogP contribution >= 0.6 is 0 Å². The number of aromatic amines is 1. The van der Waals surface area contributed by atoms with Crippen molar-refractivity contribution in [1.82, 2.24) is 4.98 Å². The first-order valence-corrected chi connectivity index (χ1v) is 5.12. The van der Waals surface area contributed by atoms with Crippen LogP contribution in [-0.2, 0) is 6.42 Å². The predicted octanol–water partition coefficient (Wildman–Crippen LogP) is 1.95. The van der Waals surface area contributed by atoms with Crippen LogP contribution in [0.25, 0.3) is 10.9 Å². The van der Waals surface area contributed by atoms with E-state index in [1.807, 2.05) is 6.07 Å². The quantitative estimate of drug-likeness (QED) is 0.790. The van der Waals surface area contributed by atoms with Gasteiger partial charge in [-0.3, -0.25) is 4.79 Å². The number of allylic oxidation sites excluding steroid dienone is 1. The highest BCUT2D eigenvalue weighted by molar-refractivity contribution is 5.92. The summed E-state index contributed by atoms with van der Waals surface area (Å²) in [5.74, 6) is -1.22. The molecule has 17 heavy (non-hydrogen) atoms. The van der Waals surface area contributed by atoms with Crippen LogP contribution in [0, 0.1) is 0 Å². The molecule has 2 N–H and O–H groups in total. The van der Waals surface area contributed by atoms with E-state index >= 15 is 0 Å². The van der Waals surface area contributed by atoms with Gasteiger partial charge in [0, 0.05) is 17.1 Å². The highest BCUT2D eigenvalue weighted by Crippen LogP contribution is 2.12. The number of benzene rings is 1. The highest BCUT2D eigenvalue weighted by atomic mass is 16.4. The van der Waals surface area contributed by atoms with Crippen LogP contribution in [0.1, 0.15) is 15.9 Å². The number of fused-ring (bicyclic) bond motifs is 1. The van der Waals surface area contributed by atoms with Gasteiger partial charge >= 0.3 is 5.97 Å². The molecule has 1 aromatic heterocycles. The van der Waals surface area contributed by atoms with E-state index in [0.717, 1.165) is 5.56 Å². The standard InChI is InChI=1S/C13H11NO3/c1-2-3-8-4-5-11-9(6-8)12(15)10(7-14-11)13(16)17/h2,4-7H,1,3H2,(H,14,15)(H,16,17). The summed E-state index contributed by atoms with van der Waals surface area (Å²) in [5, 5.41) is 9.25. The van der Waals surface area contributed by atoms with Crippen LogP contribution in [0.15, 0.2) is 41.8 Å². The molecule has 0 aliphatic heterocycles. The smallest absolute Gasteiger partial charge is 0.341 e. The molecule has 0 radical (unpaired) electrons. The molecule has 4 heteroatoms. The maximum atomic E-state index is 11.9. The average molecular weight is 229 g/mol. The lowest BCUT2D eigenvalue weighted by molar-refractivity contribution is 0.0695. The van der Waals surface area contributed by atoms with Crippen molar-refractivity contribution in [2.24, 2.45) is 0 Å². The van der Waals surface area contributed by atoms with Crippen molar-refractivity contribution in [3.8, 4) is 0 Å². The van der Waals surface area contributed by atoms with E-state index < -0.39 is 11.4 Å². The molecule has 0 aliphatic carbocycles. The summed E-state index contributed by atoms with van der Waals surface area (Å²) in [5.41, 5.74) is 0.860. The lowest BCUT2D eigenvalue weighted by Gasteiger charge is -2.02. The fourth-order valence-corrected chi connectivity index (χ4v) is 1.72. The van der Waals surface area contributed by atoms with Gasteiger partial charge in [0.05, 0.1) is 0 Å². The molecule has 0 amide bonds. The number of carboxylic acids is 1. The van der Waals surface area contributed by atoms with Gasteiger partial charge in [0.2, 0.25) is 5.43 Å². The number of nitrogens with one attached hydrogen (secondary N) is 1. The van der Waals surface area contributed by atoms with E-state index in [2.05, 4.69) is 11.6 Å². The van der Waals surface area contributed by atoms with Gasteiger partial charge in [0.1, 0.15) is 5.56 Å². The molecular weight excluding hydrogens is 218 g/mol. The number of aromatic carboxylic acids is 1. The second-order valence-corrected chi connectivity index (χ2v) is 3.71. The number of aromatic nitrogens is 1. The first kappa shape index (κ1) is 11.1. The van der Waals surface area contributed by atoms with Crippen LogP contribution in [0.5, 0.6) is 0 Å². The Morgan fingerprint density at radius 1 is 1.47 bits per heavy atom. The Kier molecular flexibility index (Phi) is 2.78. The molecule has 0 fully saturated rings. The highest BCUT2D eigenvalue weighted by Gasteiger charge is 2.11. The van der Waals surface area contributed by atoms with Gasteiger partial charge in [-0.05, 0) is 24.1 Å². The second-order valence-electron chi connectivity index (χ2n) is 3.71. The molecule has 4 nitrogen and oxygen atoms in total. The fraction of sp³-hybridized carbons (Fsp3) is 0.0769. The first-order chi connectivity index (χ1) is 8.13. The topological polar surface area (TPSA) is 70.2 Å². The van der Waals surface area contributed by atoms with E-state index in [-0.39, 0.29) is 5.56 Å². The largest absolute Gasteiger partial charge is 0.477 e. The van der Waals surface area contributed by atoms with Gasteiger partial charge in [-0.1, -0.05) is 12.1 Å². The van der Waals surface area contributed by atoms with Crippen LogP contribution in [0.3, 0.4) is 0 Å². The SMILES string of the molecule is C=CCc1ccc2[nH]cc(C(=O)O)c(=O)c2c1. The second kappa shape index (κ2) is 4.25. The van der Waals surface area contributed by atoms with Gasteiger partial charge in [0.25, 0.3) is 0 Å². The van der Waals surface area contributed by atoms with E-state index in [4.69, 9.17) is 5.11 Å². The monoisotopic (exact) mass is 229 g/mol. The van der Waals surface area contributed by atoms with E-state index in [1.54, 1.807) is 18.2 Å². The maximum Gasteiger partial charge on any atom is 0.341 e. The average Bonchev–Trinajstić information content (AvgIpc) is 2.30. The number of rotatable bonds is 3. The number of H-pyrrole nitrogens is 1. The molecule has 86 valence electrons. The Hall–Kier alpha value is -2.36. The number of hydrogen-bond acceptors (Lipinski definition) is 2. The normalized spacial score (nSPS) is 10.4. The first-order valence-electron chi connectivity index (χ1n) is 5.12. The van der Waals surface area contributed by atoms with Gasteiger partial charge < -0.3 is 10.1 Å². The van der Waals surface area contributed by atoms with Gasteiger partial charge in [-0.15, -0.1) is 6.58 Å². The molecule has 1 aromatic carbocycles. The molecule has 0 spiro atoms. The zero-order chi connectivity index (χ0) is 12.4. The lowest BCUT2D eigenvalue weighted by atomic mass is 10.1. The summed E-state index contributed by atoms with van der Waals surface area (Å²) in [4.78, 5) is 25.5. The van der Waals surface area contributed by atoms with E-state index in [9.17, 15) is 9.59 Å². The molecule has 0 bridgehead atoms. The molecule has 2 aromatic rings. The zero-order valence-electron chi connectivity index (χ0n) is 9.06. The number of pyridine rings is 1. The summed E-state index contributed by atoms with van der Waals surface area (Å²) >= 11 is 0. The Morgan fingerprint density at radius 3 is 2.88 bits per heavy atom. The molecule has 0 atom stereocenters. The molecule has 2 rings (SSSR count). The third kappa shape index (κ3) is 1.97. The number of carboxylic acid groups (broad SMARTS) is 1. The third-order valence-corrected chi connectivity index (χ3v) is 2.56. The summed E-state index contributed by atoms with van der Waals surface area (Å²) in [6, 6.07) is 5.34. The minimum Gasteiger partial charge on any atom is -0.477 e. The summed E-state index contributed by atoms with van der Waals surface area (Å²) < 4.78 is 0. The predicted molar refractivity (Wildman–Crippen MR) is 65.4 cm³/mol. The summed E-state index contributed by atoms with van der Waals surface area (Å²) in [6.07, 6.45) is 3.60. The maximum absolute atomic E-state index is 11.9. The van der Waals surface area contributed by atoms with Crippen molar-refractivity contribution < 1.29 is 9.90 Å². The molecular formula is C13H11NO3. The number of hydrogen-bond donors (Lipinski definition) is 2. The van der Waals surface area contributed by atoms with E-state index in [0.29, 0.717) is 17.3 Å². The molecule has 0 unspecified atom stereocenters. The van der Waals surface area contributed by atoms with Crippen molar-refractivity contribution in [3.63, 3.8) is 0 Å². The van der Waals surface area contributed by atoms with Crippen LogP contribution < -0.4 is 5.43 Å². The molecule has 0 saturated carbocycles. The third-order valence-electron chi connectivity index (χ3n) is 2.56.